The van der Waals surface area contributed by atoms with Crippen molar-refractivity contribution in [2.45, 2.75) is 13.8 Å². The molecule has 0 atom stereocenters. The maximum absolute atomic E-state index is 11.4. The van der Waals surface area contributed by atoms with Gasteiger partial charge in [0.2, 0.25) is 0 Å². The van der Waals surface area contributed by atoms with Crippen molar-refractivity contribution in [2.24, 2.45) is 11.7 Å². The van der Waals surface area contributed by atoms with E-state index in [0.29, 0.717) is 22.3 Å². The van der Waals surface area contributed by atoms with Crippen LogP contribution < -0.4 is 22.5 Å². The molecule has 0 unspecified atom stereocenters. The molecule has 0 heterocycles. The lowest BCUT2D eigenvalue weighted by Crippen LogP contribution is -2.32. The highest BCUT2D eigenvalue weighted by molar-refractivity contribution is 5.99. The van der Waals surface area contributed by atoms with Crippen LogP contribution in [0.1, 0.15) is 31.8 Å². The van der Waals surface area contributed by atoms with Crippen LogP contribution in [0.3, 0.4) is 0 Å². The van der Waals surface area contributed by atoms with Crippen LogP contribution in [0.25, 0.3) is 0 Å². The third-order valence-corrected chi connectivity index (χ3v) is 2.32. The number of aryl methyl sites for hydroxylation is 2. The van der Waals surface area contributed by atoms with Crippen molar-refractivity contribution in [3.63, 3.8) is 0 Å². The second kappa shape index (κ2) is 4.73. The summed E-state index contributed by atoms with van der Waals surface area (Å²) < 4.78 is 0. The van der Waals surface area contributed by atoms with Crippen LogP contribution >= 0.6 is 0 Å². The molecule has 0 saturated heterocycles. The molecule has 1 aromatic carbocycles. The number of nitrogens with two attached hydrogens (primary N) is 2. The number of hydrogen-bond acceptors (Lipinski definition) is 4. The van der Waals surface area contributed by atoms with Gasteiger partial charge in [-0.3, -0.25) is 20.4 Å². The van der Waals surface area contributed by atoms with Crippen LogP contribution in [0.4, 0.5) is 0 Å². The Bertz CT molecular complexity index is 401. The molecule has 86 valence electrons. The van der Waals surface area contributed by atoms with Gasteiger partial charge in [0.05, 0.1) is 0 Å². The van der Waals surface area contributed by atoms with Crippen molar-refractivity contribution < 1.29 is 9.59 Å². The Labute approximate surface area is 92.9 Å². The van der Waals surface area contributed by atoms with E-state index in [9.17, 15) is 9.59 Å². The van der Waals surface area contributed by atoms with Crippen molar-refractivity contribution in [1.29, 1.82) is 0 Å². The third kappa shape index (κ3) is 2.18. The molecular weight excluding hydrogens is 208 g/mol. The summed E-state index contributed by atoms with van der Waals surface area (Å²) >= 11 is 0. The predicted octanol–water partition coefficient (Wildman–Crippen LogP) is -0.490. The molecule has 6 N–H and O–H groups in total. The highest BCUT2D eigenvalue weighted by atomic mass is 16.2. The zero-order chi connectivity index (χ0) is 12.3. The summed E-state index contributed by atoms with van der Waals surface area (Å²) in [6.07, 6.45) is 0. The highest BCUT2D eigenvalue weighted by Gasteiger charge is 2.14. The Morgan fingerprint density at radius 2 is 1.25 bits per heavy atom. The summed E-state index contributed by atoms with van der Waals surface area (Å²) in [5, 5.41) is 0. The fraction of sp³-hybridized carbons (Fsp3) is 0.200. The van der Waals surface area contributed by atoms with Crippen LogP contribution in [-0.2, 0) is 0 Å². The second-order valence-corrected chi connectivity index (χ2v) is 3.43. The molecular formula is C10H14N4O2. The first-order chi connectivity index (χ1) is 7.51. The van der Waals surface area contributed by atoms with Gasteiger partial charge in [0, 0.05) is 11.1 Å². The van der Waals surface area contributed by atoms with E-state index in [1.54, 1.807) is 26.0 Å². The Morgan fingerprint density at radius 3 is 1.50 bits per heavy atom. The summed E-state index contributed by atoms with van der Waals surface area (Å²) in [6, 6.07) is 3.20. The molecule has 0 aliphatic rings. The summed E-state index contributed by atoms with van der Waals surface area (Å²) in [7, 11) is 0. The Balaban J connectivity index is 3.27. The van der Waals surface area contributed by atoms with Crippen molar-refractivity contribution in [3.05, 3.63) is 34.4 Å². The van der Waals surface area contributed by atoms with Crippen molar-refractivity contribution >= 4 is 11.8 Å². The molecule has 0 bridgehead atoms. The predicted molar refractivity (Wildman–Crippen MR) is 59.2 cm³/mol. The maximum atomic E-state index is 11.4. The van der Waals surface area contributed by atoms with E-state index in [4.69, 9.17) is 11.7 Å². The average Bonchev–Trinajstić information content (AvgIpc) is 2.29. The average molecular weight is 222 g/mol. The number of carbonyl (C=O) groups excluding carboxylic acids is 2. The third-order valence-electron chi connectivity index (χ3n) is 2.32. The lowest BCUT2D eigenvalue weighted by atomic mass is 9.99. The molecule has 0 aliphatic carbocycles. The molecule has 1 rings (SSSR count). The zero-order valence-corrected chi connectivity index (χ0v) is 9.13. The number of nitrogen functional groups attached to an aromatic ring is 2. The van der Waals surface area contributed by atoms with Crippen LogP contribution in [0.2, 0.25) is 0 Å². The minimum atomic E-state index is -0.389. The smallest absolute Gasteiger partial charge is 0.265 e. The topological polar surface area (TPSA) is 110 Å². The molecule has 0 radical (unpaired) electrons. The molecule has 16 heavy (non-hydrogen) atoms. The molecule has 2 amide bonds. The van der Waals surface area contributed by atoms with E-state index in [2.05, 4.69) is 0 Å². The van der Waals surface area contributed by atoms with E-state index < -0.39 is 0 Å². The fourth-order valence-electron chi connectivity index (χ4n) is 1.46. The molecule has 0 fully saturated rings. The lowest BCUT2D eigenvalue weighted by molar-refractivity contribution is 0.0941. The van der Waals surface area contributed by atoms with Gasteiger partial charge in [-0.05, 0) is 37.1 Å². The number of hydrazine groups is 2. The number of hydrogen-bond donors (Lipinski definition) is 4. The van der Waals surface area contributed by atoms with Gasteiger partial charge in [-0.2, -0.15) is 0 Å². The quantitative estimate of drug-likeness (QED) is 0.307. The number of carbonyl (C=O) groups is 2. The zero-order valence-electron chi connectivity index (χ0n) is 9.13. The van der Waals surface area contributed by atoms with Crippen LogP contribution in [0, 0.1) is 13.8 Å². The molecule has 6 heteroatoms. The minimum Gasteiger partial charge on any atom is -0.290 e. The molecule has 1 aromatic rings. The Kier molecular flexibility index (Phi) is 3.60. The number of rotatable bonds is 2. The molecule has 0 aliphatic heterocycles. The molecule has 0 spiro atoms. The maximum Gasteiger partial charge on any atom is 0.265 e. The summed E-state index contributed by atoms with van der Waals surface area (Å²) in [5.74, 6) is 9.32. The molecule has 0 saturated carbocycles. The number of amides is 2. The van der Waals surface area contributed by atoms with Gasteiger partial charge in [-0.1, -0.05) is 0 Å². The van der Waals surface area contributed by atoms with Crippen LogP contribution in [0.15, 0.2) is 12.1 Å². The SMILES string of the molecule is Cc1cc(C(=O)NN)c(C)cc1C(=O)NN. The van der Waals surface area contributed by atoms with Gasteiger partial charge < -0.3 is 0 Å². The van der Waals surface area contributed by atoms with E-state index in [1.165, 1.54) is 0 Å². The standard InChI is InChI=1S/C10H14N4O2/c1-5-3-8(10(16)14-12)6(2)4-7(5)9(15)13-11/h3-4H,11-12H2,1-2H3,(H,13,15)(H,14,16). The van der Waals surface area contributed by atoms with Gasteiger partial charge >= 0.3 is 0 Å². The monoisotopic (exact) mass is 222 g/mol. The van der Waals surface area contributed by atoms with E-state index in [-0.39, 0.29) is 11.8 Å². The van der Waals surface area contributed by atoms with Crippen molar-refractivity contribution in [3.8, 4) is 0 Å². The first-order valence-corrected chi connectivity index (χ1v) is 4.64. The van der Waals surface area contributed by atoms with E-state index in [0.717, 1.165) is 0 Å². The van der Waals surface area contributed by atoms with Crippen LogP contribution in [-0.4, -0.2) is 11.8 Å². The van der Waals surface area contributed by atoms with Crippen LogP contribution in [0.5, 0.6) is 0 Å². The van der Waals surface area contributed by atoms with E-state index in [1.807, 2.05) is 10.9 Å². The summed E-state index contributed by atoms with van der Waals surface area (Å²) in [5.41, 5.74) is 6.29. The van der Waals surface area contributed by atoms with Gasteiger partial charge in [-0.15, -0.1) is 0 Å². The van der Waals surface area contributed by atoms with Crippen molar-refractivity contribution in [2.75, 3.05) is 0 Å². The Hall–Kier alpha value is -1.92. The largest absolute Gasteiger partial charge is 0.290 e. The summed E-state index contributed by atoms with van der Waals surface area (Å²) in [4.78, 5) is 22.8. The number of benzene rings is 1. The molecule has 0 aromatic heterocycles. The van der Waals surface area contributed by atoms with Crippen molar-refractivity contribution in [1.82, 2.24) is 10.9 Å². The fourth-order valence-corrected chi connectivity index (χ4v) is 1.46. The second-order valence-electron chi connectivity index (χ2n) is 3.43. The molecule has 6 nitrogen and oxygen atoms in total. The lowest BCUT2D eigenvalue weighted by Gasteiger charge is -2.09. The highest BCUT2D eigenvalue weighted by Crippen LogP contribution is 2.15. The minimum absolute atomic E-state index is 0.389. The number of nitrogens with one attached hydrogen (secondary N) is 2. The van der Waals surface area contributed by atoms with Gasteiger partial charge in [0.1, 0.15) is 0 Å². The van der Waals surface area contributed by atoms with Gasteiger partial charge in [-0.25, -0.2) is 11.7 Å². The first kappa shape index (κ1) is 12.2. The Morgan fingerprint density at radius 1 is 0.938 bits per heavy atom. The van der Waals surface area contributed by atoms with Gasteiger partial charge in [0.25, 0.3) is 11.8 Å². The summed E-state index contributed by atoms with van der Waals surface area (Å²) in [6.45, 7) is 3.44. The van der Waals surface area contributed by atoms with E-state index >= 15 is 0 Å². The first-order valence-electron chi connectivity index (χ1n) is 4.64. The normalized spacial score (nSPS) is 9.75. The van der Waals surface area contributed by atoms with Gasteiger partial charge in [0.15, 0.2) is 0 Å².